The molecule has 2 aliphatic heterocycles. The lowest BCUT2D eigenvalue weighted by molar-refractivity contribution is -0.132. The predicted molar refractivity (Wildman–Crippen MR) is 94.6 cm³/mol. The van der Waals surface area contributed by atoms with E-state index in [0.29, 0.717) is 24.7 Å². The molecule has 1 N–H and O–H groups in total. The zero-order chi connectivity index (χ0) is 17.4. The molecule has 0 unspecified atom stereocenters. The van der Waals surface area contributed by atoms with Gasteiger partial charge in [-0.15, -0.1) is 0 Å². The zero-order valence-corrected chi connectivity index (χ0v) is 15.6. The number of nitrogens with one attached hydrogen (secondary N) is 1. The molecule has 0 radical (unpaired) electrons. The van der Waals surface area contributed by atoms with Crippen LogP contribution in [0.15, 0.2) is 16.6 Å². The maximum Gasteiger partial charge on any atom is 0.325 e. The molecule has 3 amide bonds. The lowest BCUT2D eigenvalue weighted by atomic mass is 9.90. The van der Waals surface area contributed by atoms with E-state index in [1.807, 2.05) is 12.1 Å². The van der Waals surface area contributed by atoms with Crippen LogP contribution in [0.4, 0.5) is 4.79 Å². The van der Waals surface area contributed by atoms with Crippen molar-refractivity contribution in [2.45, 2.75) is 50.6 Å². The summed E-state index contributed by atoms with van der Waals surface area (Å²) in [6, 6.07) is 3.38. The third-order valence-electron chi connectivity index (χ3n) is 5.24. The van der Waals surface area contributed by atoms with Crippen LogP contribution in [-0.2, 0) is 11.3 Å². The molecule has 1 saturated carbocycles. The molecule has 0 aromatic heterocycles. The molecular weight excluding hydrogens is 388 g/mol. The van der Waals surface area contributed by atoms with E-state index in [0.717, 1.165) is 48.6 Å². The Morgan fingerprint density at radius 1 is 1.04 bits per heavy atom. The summed E-state index contributed by atoms with van der Waals surface area (Å²) in [5.74, 6) is 1.24. The van der Waals surface area contributed by atoms with Crippen LogP contribution < -0.4 is 14.8 Å². The fraction of sp³-hybridized carbons (Fsp3) is 0.556. The van der Waals surface area contributed by atoms with Crippen LogP contribution in [0, 0.1) is 0 Å². The number of urea groups is 1. The Morgan fingerprint density at radius 2 is 1.68 bits per heavy atom. The molecule has 1 saturated heterocycles. The van der Waals surface area contributed by atoms with Crippen LogP contribution in [0.25, 0.3) is 0 Å². The van der Waals surface area contributed by atoms with Crippen LogP contribution in [0.5, 0.6) is 11.5 Å². The van der Waals surface area contributed by atoms with Gasteiger partial charge in [-0.1, -0.05) is 41.6 Å². The number of imide groups is 1. The number of fused-ring (bicyclic) bond motifs is 1. The Hall–Kier alpha value is -1.76. The second kappa shape index (κ2) is 6.52. The van der Waals surface area contributed by atoms with Gasteiger partial charge in [-0.3, -0.25) is 9.69 Å². The number of carbonyl (C=O) groups is 2. The summed E-state index contributed by atoms with van der Waals surface area (Å²) in [5, 5.41) is 2.98. The number of ether oxygens (including phenoxy) is 2. The smallest absolute Gasteiger partial charge is 0.325 e. The summed E-state index contributed by atoms with van der Waals surface area (Å²) in [4.78, 5) is 26.9. The fourth-order valence-electron chi connectivity index (χ4n) is 3.89. The van der Waals surface area contributed by atoms with Gasteiger partial charge < -0.3 is 14.8 Å². The monoisotopic (exact) mass is 408 g/mol. The maximum atomic E-state index is 13.0. The highest BCUT2D eigenvalue weighted by atomic mass is 79.9. The van der Waals surface area contributed by atoms with Crippen molar-refractivity contribution in [2.24, 2.45) is 0 Å². The molecule has 0 bridgehead atoms. The van der Waals surface area contributed by atoms with Gasteiger partial charge in [0.05, 0.1) is 6.54 Å². The van der Waals surface area contributed by atoms with Gasteiger partial charge in [-0.05, 0) is 30.5 Å². The minimum absolute atomic E-state index is 0.0961. The lowest BCUT2D eigenvalue weighted by Crippen LogP contribution is -2.46. The van der Waals surface area contributed by atoms with Crippen molar-refractivity contribution in [1.82, 2.24) is 10.2 Å². The third-order valence-corrected chi connectivity index (χ3v) is 5.98. The molecule has 4 rings (SSSR count). The number of rotatable bonds is 2. The van der Waals surface area contributed by atoms with E-state index in [-0.39, 0.29) is 18.5 Å². The molecule has 1 aromatic carbocycles. The van der Waals surface area contributed by atoms with Gasteiger partial charge in [-0.25, -0.2) is 4.79 Å². The highest BCUT2D eigenvalue weighted by Crippen LogP contribution is 2.38. The van der Waals surface area contributed by atoms with Crippen LogP contribution in [0.2, 0.25) is 0 Å². The molecule has 7 heteroatoms. The summed E-state index contributed by atoms with van der Waals surface area (Å²) < 4.78 is 12.0. The second-order valence-corrected chi connectivity index (χ2v) is 7.76. The first-order chi connectivity index (χ1) is 12.1. The van der Waals surface area contributed by atoms with Crippen molar-refractivity contribution in [2.75, 3.05) is 13.2 Å². The topological polar surface area (TPSA) is 67.9 Å². The first-order valence-corrected chi connectivity index (χ1v) is 9.60. The standard InChI is InChI=1S/C18H21BrN2O4/c19-13-10-15-14(24-7-8-25-15)9-12(13)11-21-16(22)18(20-17(21)23)5-3-1-2-4-6-18/h9-10H,1-8,11H2,(H,20,23). The number of benzene rings is 1. The van der Waals surface area contributed by atoms with Gasteiger partial charge in [0.2, 0.25) is 0 Å². The highest BCUT2D eigenvalue weighted by Gasteiger charge is 2.50. The van der Waals surface area contributed by atoms with Crippen LogP contribution >= 0.6 is 15.9 Å². The third kappa shape index (κ3) is 2.99. The lowest BCUT2D eigenvalue weighted by Gasteiger charge is -2.25. The molecule has 1 aromatic rings. The van der Waals surface area contributed by atoms with E-state index in [1.165, 1.54) is 4.90 Å². The molecule has 1 aliphatic carbocycles. The molecule has 0 atom stereocenters. The average Bonchev–Trinajstić information content (AvgIpc) is 2.77. The molecular formula is C18H21BrN2O4. The Labute approximate surface area is 155 Å². The van der Waals surface area contributed by atoms with E-state index in [2.05, 4.69) is 21.2 Å². The summed E-state index contributed by atoms with van der Waals surface area (Å²) in [6.07, 6.45) is 5.67. The zero-order valence-electron chi connectivity index (χ0n) is 14.0. The number of nitrogens with zero attached hydrogens (tertiary/aromatic N) is 1. The van der Waals surface area contributed by atoms with Crippen LogP contribution in [-0.4, -0.2) is 35.6 Å². The molecule has 6 nitrogen and oxygen atoms in total. The van der Waals surface area contributed by atoms with E-state index < -0.39 is 5.54 Å². The van der Waals surface area contributed by atoms with Gasteiger partial charge in [0.1, 0.15) is 18.8 Å². The number of amides is 3. The molecule has 2 heterocycles. The SMILES string of the molecule is O=C1NC2(CCCCCC2)C(=O)N1Cc1cc2c(cc1Br)OCCO2. The first kappa shape index (κ1) is 16.7. The number of carbonyl (C=O) groups excluding carboxylic acids is 2. The Bertz CT molecular complexity index is 713. The molecule has 134 valence electrons. The Balaban J connectivity index is 1.58. The maximum absolute atomic E-state index is 13.0. The molecule has 2 fully saturated rings. The Kier molecular flexibility index (Phi) is 4.35. The van der Waals surface area contributed by atoms with Crippen molar-refractivity contribution < 1.29 is 19.1 Å². The van der Waals surface area contributed by atoms with Gasteiger partial charge in [-0.2, -0.15) is 0 Å². The second-order valence-electron chi connectivity index (χ2n) is 6.91. The van der Waals surface area contributed by atoms with Gasteiger partial charge in [0, 0.05) is 4.47 Å². The van der Waals surface area contributed by atoms with Crippen LogP contribution in [0.1, 0.15) is 44.1 Å². The highest BCUT2D eigenvalue weighted by molar-refractivity contribution is 9.10. The fourth-order valence-corrected chi connectivity index (χ4v) is 4.34. The van der Waals surface area contributed by atoms with Gasteiger partial charge in [0.15, 0.2) is 11.5 Å². The predicted octanol–water partition coefficient (Wildman–Crippen LogP) is 3.37. The normalized spacial score (nSPS) is 22.0. The number of hydrogen-bond donors (Lipinski definition) is 1. The van der Waals surface area contributed by atoms with E-state index in [9.17, 15) is 9.59 Å². The van der Waals surface area contributed by atoms with Gasteiger partial charge >= 0.3 is 6.03 Å². The molecule has 25 heavy (non-hydrogen) atoms. The van der Waals surface area contributed by atoms with Crippen molar-refractivity contribution in [3.8, 4) is 11.5 Å². The van der Waals surface area contributed by atoms with E-state index >= 15 is 0 Å². The number of halogens is 1. The quantitative estimate of drug-likeness (QED) is 0.761. The van der Waals surface area contributed by atoms with Crippen molar-refractivity contribution in [3.05, 3.63) is 22.2 Å². The van der Waals surface area contributed by atoms with Crippen LogP contribution in [0.3, 0.4) is 0 Å². The summed E-state index contributed by atoms with van der Waals surface area (Å²) in [6.45, 7) is 1.25. The minimum atomic E-state index is -0.701. The summed E-state index contributed by atoms with van der Waals surface area (Å²) in [7, 11) is 0. The first-order valence-electron chi connectivity index (χ1n) is 8.81. The van der Waals surface area contributed by atoms with Crippen molar-refractivity contribution >= 4 is 27.9 Å². The largest absolute Gasteiger partial charge is 0.486 e. The van der Waals surface area contributed by atoms with Gasteiger partial charge in [0.25, 0.3) is 5.91 Å². The average molecular weight is 409 g/mol. The Morgan fingerprint density at radius 3 is 2.36 bits per heavy atom. The summed E-state index contributed by atoms with van der Waals surface area (Å²) in [5.41, 5.74) is 0.131. The minimum Gasteiger partial charge on any atom is -0.486 e. The van der Waals surface area contributed by atoms with E-state index in [4.69, 9.17) is 9.47 Å². The number of hydrogen-bond acceptors (Lipinski definition) is 4. The van der Waals surface area contributed by atoms with E-state index in [1.54, 1.807) is 0 Å². The summed E-state index contributed by atoms with van der Waals surface area (Å²) >= 11 is 3.52. The van der Waals surface area contributed by atoms with Crippen molar-refractivity contribution in [1.29, 1.82) is 0 Å². The van der Waals surface area contributed by atoms with Crippen molar-refractivity contribution in [3.63, 3.8) is 0 Å². The molecule has 3 aliphatic rings. The molecule has 1 spiro atoms.